The highest BCUT2D eigenvalue weighted by Crippen LogP contribution is 2.06. The molecule has 0 spiro atoms. The molecule has 35 heavy (non-hydrogen) atoms. The standard InChI is InChI=1S/C22H29N7O6/c1-12(27-20(32)15(23)8-14-10-25-11-26-14)19(31)28-16(7-13-5-3-2-4-6-13)21(33)29-17(22(34)35)9-18(24)30/h2-6,10-12,15-17H,7-9,23H2,1H3,(H2,24,30)(H,25,26)(H,27,32)(H,28,31)(H,29,33)(H,34,35). The minimum absolute atomic E-state index is 0.0291. The summed E-state index contributed by atoms with van der Waals surface area (Å²) in [6.45, 7) is 1.42. The summed E-state index contributed by atoms with van der Waals surface area (Å²) in [7, 11) is 0. The van der Waals surface area contributed by atoms with Gasteiger partial charge in [-0.1, -0.05) is 30.3 Å². The first kappa shape index (κ1) is 27.0. The van der Waals surface area contributed by atoms with E-state index < -0.39 is 60.2 Å². The number of carboxylic acid groups (broad SMARTS) is 1. The fraction of sp³-hybridized carbons (Fsp3) is 0.364. The van der Waals surface area contributed by atoms with Crippen LogP contribution in [0, 0.1) is 0 Å². The number of carbonyl (C=O) groups is 5. The molecule has 0 bridgehead atoms. The smallest absolute Gasteiger partial charge is 0.326 e. The summed E-state index contributed by atoms with van der Waals surface area (Å²) in [6, 6.07) is 3.95. The average Bonchev–Trinajstić information content (AvgIpc) is 3.31. The normalized spacial score (nSPS) is 14.1. The molecule has 2 aromatic rings. The fourth-order valence-corrected chi connectivity index (χ4v) is 3.14. The summed E-state index contributed by atoms with van der Waals surface area (Å²) in [5.74, 6) is -4.47. The molecule has 4 atom stereocenters. The molecule has 0 aliphatic heterocycles. The van der Waals surface area contributed by atoms with E-state index in [4.69, 9.17) is 11.5 Å². The van der Waals surface area contributed by atoms with Gasteiger partial charge in [0, 0.05) is 24.7 Å². The fourth-order valence-electron chi connectivity index (χ4n) is 3.14. The van der Waals surface area contributed by atoms with Crippen LogP contribution in [0.25, 0.3) is 0 Å². The van der Waals surface area contributed by atoms with Crippen molar-refractivity contribution in [3.8, 4) is 0 Å². The highest BCUT2D eigenvalue weighted by molar-refractivity contribution is 5.94. The van der Waals surface area contributed by atoms with Gasteiger partial charge in [-0.15, -0.1) is 0 Å². The molecular formula is C22H29N7O6. The third-order valence-electron chi connectivity index (χ3n) is 5.02. The molecule has 13 heteroatoms. The third kappa shape index (κ3) is 8.89. The predicted molar refractivity (Wildman–Crippen MR) is 123 cm³/mol. The van der Waals surface area contributed by atoms with Crippen LogP contribution in [-0.2, 0) is 36.8 Å². The highest BCUT2D eigenvalue weighted by Gasteiger charge is 2.29. The number of imidazole rings is 1. The first-order valence-corrected chi connectivity index (χ1v) is 10.8. The molecule has 0 fully saturated rings. The summed E-state index contributed by atoms with van der Waals surface area (Å²) in [6.07, 6.45) is 2.57. The molecule has 4 unspecified atom stereocenters. The van der Waals surface area contributed by atoms with Gasteiger partial charge in [-0.2, -0.15) is 0 Å². The molecule has 0 aliphatic rings. The third-order valence-corrected chi connectivity index (χ3v) is 5.02. The van der Waals surface area contributed by atoms with Crippen LogP contribution >= 0.6 is 0 Å². The zero-order valence-electron chi connectivity index (χ0n) is 19.1. The van der Waals surface area contributed by atoms with Crippen LogP contribution in [0.15, 0.2) is 42.9 Å². The minimum Gasteiger partial charge on any atom is -0.480 e. The Bertz CT molecular complexity index is 1030. The molecule has 1 heterocycles. The molecule has 0 radical (unpaired) electrons. The van der Waals surface area contributed by atoms with Crippen molar-refractivity contribution in [3.63, 3.8) is 0 Å². The van der Waals surface area contributed by atoms with Gasteiger partial charge in [-0.05, 0) is 12.5 Å². The maximum absolute atomic E-state index is 12.9. The van der Waals surface area contributed by atoms with Crippen LogP contribution in [0.2, 0.25) is 0 Å². The highest BCUT2D eigenvalue weighted by atomic mass is 16.4. The van der Waals surface area contributed by atoms with Gasteiger partial charge in [0.05, 0.1) is 18.8 Å². The maximum Gasteiger partial charge on any atom is 0.326 e. The lowest BCUT2D eigenvalue weighted by molar-refractivity contribution is -0.143. The second-order valence-electron chi connectivity index (χ2n) is 7.94. The molecule has 0 saturated carbocycles. The first-order valence-electron chi connectivity index (χ1n) is 10.8. The Hall–Kier alpha value is -4.26. The number of hydrogen-bond donors (Lipinski definition) is 7. The summed E-state index contributed by atoms with van der Waals surface area (Å²) in [4.78, 5) is 67.2. The van der Waals surface area contributed by atoms with E-state index in [1.807, 2.05) is 0 Å². The van der Waals surface area contributed by atoms with Crippen molar-refractivity contribution >= 4 is 29.6 Å². The summed E-state index contributed by atoms with van der Waals surface area (Å²) < 4.78 is 0. The van der Waals surface area contributed by atoms with Gasteiger partial charge < -0.3 is 37.5 Å². The number of carboxylic acids is 1. The largest absolute Gasteiger partial charge is 0.480 e. The van der Waals surface area contributed by atoms with Gasteiger partial charge in [-0.3, -0.25) is 19.2 Å². The average molecular weight is 488 g/mol. The zero-order valence-corrected chi connectivity index (χ0v) is 19.1. The quantitative estimate of drug-likeness (QED) is 0.166. The number of aliphatic carboxylic acids is 1. The number of aromatic amines is 1. The van der Waals surface area contributed by atoms with Gasteiger partial charge in [0.15, 0.2) is 0 Å². The molecule has 188 valence electrons. The van der Waals surface area contributed by atoms with Crippen LogP contribution < -0.4 is 27.4 Å². The van der Waals surface area contributed by atoms with Crippen LogP contribution in [-0.4, -0.2) is 68.8 Å². The summed E-state index contributed by atoms with van der Waals surface area (Å²) >= 11 is 0. The molecular weight excluding hydrogens is 458 g/mol. The molecule has 1 aromatic heterocycles. The predicted octanol–water partition coefficient (Wildman–Crippen LogP) is -2.04. The molecule has 0 saturated heterocycles. The van der Waals surface area contributed by atoms with Gasteiger partial charge >= 0.3 is 5.97 Å². The Morgan fingerprint density at radius 1 is 0.971 bits per heavy atom. The molecule has 2 rings (SSSR count). The van der Waals surface area contributed by atoms with Crippen LogP contribution in [0.5, 0.6) is 0 Å². The van der Waals surface area contributed by atoms with Gasteiger partial charge in [0.1, 0.15) is 18.1 Å². The van der Waals surface area contributed by atoms with Crippen molar-refractivity contribution < 1.29 is 29.1 Å². The Labute approximate surface area is 201 Å². The second kappa shape index (κ2) is 12.8. The molecule has 9 N–H and O–H groups in total. The maximum atomic E-state index is 12.9. The van der Waals surface area contributed by atoms with Crippen molar-refractivity contribution in [3.05, 3.63) is 54.1 Å². The Morgan fingerprint density at radius 2 is 1.63 bits per heavy atom. The molecule has 4 amide bonds. The lowest BCUT2D eigenvalue weighted by Crippen LogP contribution is -2.57. The van der Waals surface area contributed by atoms with E-state index in [2.05, 4.69) is 25.9 Å². The first-order chi connectivity index (χ1) is 16.6. The number of benzene rings is 1. The van der Waals surface area contributed by atoms with Crippen molar-refractivity contribution in [2.45, 2.75) is 50.4 Å². The van der Waals surface area contributed by atoms with E-state index in [9.17, 15) is 29.1 Å². The van der Waals surface area contributed by atoms with Crippen LogP contribution in [0.4, 0.5) is 0 Å². The van der Waals surface area contributed by atoms with Crippen molar-refractivity contribution in [1.82, 2.24) is 25.9 Å². The number of nitrogens with two attached hydrogens (primary N) is 2. The number of rotatable bonds is 13. The van der Waals surface area contributed by atoms with Gasteiger partial charge in [-0.25, -0.2) is 9.78 Å². The van der Waals surface area contributed by atoms with Gasteiger partial charge in [0.2, 0.25) is 23.6 Å². The number of H-pyrrole nitrogens is 1. The van der Waals surface area contributed by atoms with Crippen LogP contribution in [0.3, 0.4) is 0 Å². The van der Waals surface area contributed by atoms with E-state index in [1.165, 1.54) is 19.4 Å². The number of carbonyl (C=O) groups excluding carboxylic acids is 4. The number of primary amides is 1. The van der Waals surface area contributed by atoms with Crippen molar-refractivity contribution in [2.24, 2.45) is 11.5 Å². The zero-order chi connectivity index (χ0) is 26.0. The van der Waals surface area contributed by atoms with Crippen molar-refractivity contribution in [1.29, 1.82) is 0 Å². The van der Waals surface area contributed by atoms with E-state index in [-0.39, 0.29) is 12.8 Å². The van der Waals surface area contributed by atoms with E-state index in [0.717, 1.165) is 0 Å². The Balaban J connectivity index is 2.07. The van der Waals surface area contributed by atoms with Crippen LogP contribution in [0.1, 0.15) is 24.6 Å². The monoisotopic (exact) mass is 487 g/mol. The lowest BCUT2D eigenvalue weighted by Gasteiger charge is -2.23. The minimum atomic E-state index is -1.56. The number of nitrogens with one attached hydrogen (secondary N) is 4. The number of amides is 4. The number of nitrogens with zero attached hydrogens (tertiary/aromatic N) is 1. The topological polar surface area (TPSA) is 222 Å². The SMILES string of the molecule is CC(NC(=O)C(N)Cc1cnc[nH]1)C(=O)NC(Cc1ccccc1)C(=O)NC(CC(N)=O)C(=O)O. The lowest BCUT2D eigenvalue weighted by atomic mass is 10.0. The summed E-state index contributed by atoms with van der Waals surface area (Å²) in [5, 5.41) is 16.5. The Morgan fingerprint density at radius 3 is 2.20 bits per heavy atom. The van der Waals surface area contributed by atoms with Gasteiger partial charge in [0.25, 0.3) is 0 Å². The molecule has 13 nitrogen and oxygen atoms in total. The van der Waals surface area contributed by atoms with E-state index in [0.29, 0.717) is 11.3 Å². The molecule has 1 aromatic carbocycles. The van der Waals surface area contributed by atoms with Crippen molar-refractivity contribution in [2.75, 3.05) is 0 Å². The number of hydrogen-bond acceptors (Lipinski definition) is 7. The van der Waals surface area contributed by atoms with E-state index >= 15 is 0 Å². The second-order valence-corrected chi connectivity index (χ2v) is 7.94. The van der Waals surface area contributed by atoms with E-state index in [1.54, 1.807) is 30.3 Å². The number of aromatic nitrogens is 2. The molecule has 0 aliphatic carbocycles. The Kier molecular flexibility index (Phi) is 9.90. The summed E-state index contributed by atoms with van der Waals surface area (Å²) in [5.41, 5.74) is 12.3.